The van der Waals surface area contributed by atoms with Gasteiger partial charge in [-0.1, -0.05) is 17.7 Å². The van der Waals surface area contributed by atoms with E-state index in [1.54, 1.807) is 23.0 Å². The maximum Gasteiger partial charge on any atom is 0.337 e. The fraction of sp³-hybridized carbons (Fsp3) is 0.182. The Morgan fingerprint density at radius 2 is 2.03 bits per heavy atom. The van der Waals surface area contributed by atoms with Crippen molar-refractivity contribution in [1.82, 2.24) is 14.8 Å². The van der Waals surface area contributed by atoms with Crippen LogP contribution in [0.2, 0.25) is 5.02 Å². The number of anilines is 1. The number of esters is 1. The maximum atomic E-state index is 13.3. The standard InChI is InChI=1S/C22H19ClN4O3S/c1-12(2)27-20-15(11-24-27)14(10-18(25-20)19-5-4-8-31-19)21(28)26-17-9-13(22(29)30-3)6-7-16(17)23/h4-12H,1-3H3,(H,26,28). The lowest BCUT2D eigenvalue weighted by Crippen LogP contribution is -2.14. The highest BCUT2D eigenvalue weighted by atomic mass is 35.5. The average Bonchev–Trinajstić information content (AvgIpc) is 3.43. The Morgan fingerprint density at radius 1 is 1.23 bits per heavy atom. The van der Waals surface area contributed by atoms with Gasteiger partial charge in [0.1, 0.15) is 0 Å². The SMILES string of the molecule is COC(=O)c1ccc(Cl)c(NC(=O)c2cc(-c3cccs3)nc3c2cnn3C(C)C)c1. The summed E-state index contributed by atoms with van der Waals surface area (Å²) in [5.41, 5.74) is 2.33. The zero-order valence-electron chi connectivity index (χ0n) is 17.0. The van der Waals surface area contributed by atoms with E-state index in [1.165, 1.54) is 30.6 Å². The van der Waals surface area contributed by atoms with E-state index < -0.39 is 5.97 Å². The Hall–Kier alpha value is -3.23. The normalized spacial score (nSPS) is 11.1. The van der Waals surface area contributed by atoms with Crippen LogP contribution in [0.3, 0.4) is 0 Å². The lowest BCUT2D eigenvalue weighted by atomic mass is 10.1. The Labute approximate surface area is 187 Å². The highest BCUT2D eigenvalue weighted by Gasteiger charge is 2.20. The van der Waals surface area contributed by atoms with Crippen molar-refractivity contribution in [3.63, 3.8) is 0 Å². The molecule has 0 aliphatic carbocycles. The van der Waals surface area contributed by atoms with E-state index in [9.17, 15) is 9.59 Å². The zero-order chi connectivity index (χ0) is 22.1. The van der Waals surface area contributed by atoms with E-state index in [0.717, 1.165) is 4.88 Å². The number of carbonyl (C=O) groups is 2. The molecule has 0 bridgehead atoms. The molecule has 9 heteroatoms. The maximum absolute atomic E-state index is 13.3. The lowest BCUT2D eigenvalue weighted by molar-refractivity contribution is 0.0600. The van der Waals surface area contributed by atoms with Gasteiger partial charge in [0.2, 0.25) is 0 Å². The smallest absolute Gasteiger partial charge is 0.337 e. The van der Waals surface area contributed by atoms with Crippen molar-refractivity contribution in [2.45, 2.75) is 19.9 Å². The van der Waals surface area contributed by atoms with Crippen LogP contribution in [0.4, 0.5) is 5.69 Å². The minimum absolute atomic E-state index is 0.0747. The Balaban J connectivity index is 1.80. The fourth-order valence-electron chi connectivity index (χ4n) is 3.19. The second-order valence-corrected chi connectivity index (χ2v) is 8.45. The molecule has 4 aromatic rings. The molecule has 1 N–H and O–H groups in total. The first kappa shape index (κ1) is 21.0. The summed E-state index contributed by atoms with van der Waals surface area (Å²) in [5, 5.41) is 10.1. The number of nitrogens with zero attached hydrogens (tertiary/aromatic N) is 3. The molecule has 0 aliphatic heterocycles. The van der Waals surface area contributed by atoms with Crippen LogP contribution in [-0.2, 0) is 4.74 Å². The fourth-order valence-corrected chi connectivity index (χ4v) is 4.04. The van der Waals surface area contributed by atoms with Crippen molar-refractivity contribution in [2.75, 3.05) is 12.4 Å². The number of fused-ring (bicyclic) bond motifs is 1. The summed E-state index contributed by atoms with van der Waals surface area (Å²) in [6.45, 7) is 4.01. The molecule has 158 valence electrons. The van der Waals surface area contributed by atoms with E-state index >= 15 is 0 Å². The van der Waals surface area contributed by atoms with Gasteiger partial charge in [-0.15, -0.1) is 11.3 Å². The number of carbonyl (C=O) groups excluding carboxylic acids is 2. The zero-order valence-corrected chi connectivity index (χ0v) is 18.6. The van der Waals surface area contributed by atoms with Crippen LogP contribution in [0.15, 0.2) is 48.0 Å². The van der Waals surface area contributed by atoms with Gasteiger partial charge < -0.3 is 10.1 Å². The van der Waals surface area contributed by atoms with Gasteiger partial charge in [-0.2, -0.15) is 5.10 Å². The van der Waals surface area contributed by atoms with Gasteiger partial charge >= 0.3 is 5.97 Å². The molecular weight excluding hydrogens is 436 g/mol. The molecule has 1 amide bonds. The van der Waals surface area contributed by atoms with Gasteiger partial charge in [-0.3, -0.25) is 4.79 Å². The molecule has 31 heavy (non-hydrogen) atoms. The Morgan fingerprint density at radius 3 is 2.71 bits per heavy atom. The Kier molecular flexibility index (Phi) is 5.75. The molecule has 4 rings (SSSR count). The molecule has 0 radical (unpaired) electrons. The summed E-state index contributed by atoms with van der Waals surface area (Å²) in [6, 6.07) is 10.3. The molecule has 3 heterocycles. The number of halogens is 1. The first-order valence-corrected chi connectivity index (χ1v) is 10.8. The van der Waals surface area contributed by atoms with E-state index in [4.69, 9.17) is 21.3 Å². The largest absolute Gasteiger partial charge is 0.465 e. The second-order valence-electron chi connectivity index (χ2n) is 7.09. The number of hydrogen-bond acceptors (Lipinski definition) is 6. The summed E-state index contributed by atoms with van der Waals surface area (Å²) < 4.78 is 6.53. The van der Waals surface area contributed by atoms with Crippen LogP contribution in [0.5, 0.6) is 0 Å². The number of nitrogens with one attached hydrogen (secondary N) is 1. The molecule has 3 aromatic heterocycles. The third-order valence-corrected chi connectivity index (χ3v) is 5.93. The number of aromatic nitrogens is 3. The van der Waals surface area contributed by atoms with Crippen LogP contribution < -0.4 is 5.32 Å². The summed E-state index contributed by atoms with van der Waals surface area (Å²) in [7, 11) is 1.29. The van der Waals surface area contributed by atoms with Crippen LogP contribution in [0.1, 0.15) is 40.6 Å². The molecule has 0 fully saturated rings. The predicted molar refractivity (Wildman–Crippen MR) is 122 cm³/mol. The second kappa shape index (κ2) is 8.49. The van der Waals surface area contributed by atoms with Crippen LogP contribution >= 0.6 is 22.9 Å². The summed E-state index contributed by atoms with van der Waals surface area (Å²) in [4.78, 5) is 30.8. The van der Waals surface area contributed by atoms with E-state index in [0.29, 0.717) is 33.0 Å². The molecule has 0 aliphatic rings. The number of hydrogen-bond donors (Lipinski definition) is 1. The molecule has 0 saturated heterocycles. The van der Waals surface area contributed by atoms with Gasteiger partial charge in [0.25, 0.3) is 5.91 Å². The molecule has 1 aromatic carbocycles. The van der Waals surface area contributed by atoms with E-state index in [-0.39, 0.29) is 17.5 Å². The van der Waals surface area contributed by atoms with Gasteiger partial charge in [0.15, 0.2) is 5.65 Å². The van der Waals surface area contributed by atoms with Gasteiger partial charge in [-0.25, -0.2) is 14.5 Å². The Bertz CT molecular complexity index is 1280. The number of amides is 1. The first-order valence-electron chi connectivity index (χ1n) is 9.50. The summed E-state index contributed by atoms with van der Waals surface area (Å²) >= 11 is 7.80. The molecule has 7 nitrogen and oxygen atoms in total. The minimum atomic E-state index is -0.517. The number of thiophene rings is 1. The third-order valence-electron chi connectivity index (χ3n) is 4.71. The number of ether oxygens (including phenoxy) is 1. The topological polar surface area (TPSA) is 86.1 Å². The lowest BCUT2D eigenvalue weighted by Gasteiger charge is -2.12. The minimum Gasteiger partial charge on any atom is -0.465 e. The van der Waals surface area contributed by atoms with Crippen LogP contribution in [-0.4, -0.2) is 33.8 Å². The van der Waals surface area contributed by atoms with Gasteiger partial charge in [-0.05, 0) is 49.6 Å². The quantitative estimate of drug-likeness (QED) is 0.406. The molecule has 0 unspecified atom stereocenters. The van der Waals surface area contributed by atoms with Crippen molar-refractivity contribution >= 4 is 51.5 Å². The third kappa shape index (κ3) is 4.04. The average molecular weight is 455 g/mol. The van der Waals surface area contributed by atoms with Crippen LogP contribution in [0, 0.1) is 0 Å². The summed E-state index contributed by atoms with van der Waals surface area (Å²) in [5.74, 6) is -0.894. The highest BCUT2D eigenvalue weighted by Crippen LogP contribution is 2.30. The monoisotopic (exact) mass is 454 g/mol. The van der Waals surface area contributed by atoms with Crippen molar-refractivity contribution in [3.8, 4) is 10.6 Å². The number of methoxy groups -OCH3 is 1. The van der Waals surface area contributed by atoms with Gasteiger partial charge in [0, 0.05) is 6.04 Å². The number of pyridine rings is 1. The van der Waals surface area contributed by atoms with E-state index in [1.807, 2.05) is 31.4 Å². The van der Waals surface area contributed by atoms with Gasteiger partial charge in [0.05, 0.1) is 51.1 Å². The molecule has 0 saturated carbocycles. The molecule has 0 atom stereocenters. The highest BCUT2D eigenvalue weighted by molar-refractivity contribution is 7.13. The number of benzene rings is 1. The number of rotatable bonds is 5. The molecule has 0 spiro atoms. The van der Waals surface area contributed by atoms with Crippen molar-refractivity contribution in [2.24, 2.45) is 0 Å². The van der Waals surface area contributed by atoms with Crippen molar-refractivity contribution < 1.29 is 14.3 Å². The van der Waals surface area contributed by atoms with Crippen LogP contribution in [0.25, 0.3) is 21.6 Å². The van der Waals surface area contributed by atoms with E-state index in [2.05, 4.69) is 10.4 Å². The molecular formula is C22H19ClN4O3S. The first-order chi connectivity index (χ1) is 14.9. The summed E-state index contributed by atoms with van der Waals surface area (Å²) in [6.07, 6.45) is 1.64. The predicted octanol–water partition coefficient (Wildman–Crippen LogP) is 5.43. The van der Waals surface area contributed by atoms with Crippen molar-refractivity contribution in [1.29, 1.82) is 0 Å². The van der Waals surface area contributed by atoms with Crippen molar-refractivity contribution in [3.05, 3.63) is 64.1 Å².